The lowest BCUT2D eigenvalue weighted by Crippen LogP contribution is -2.13. The van der Waals surface area contributed by atoms with Gasteiger partial charge in [-0.1, -0.05) is 6.07 Å². The van der Waals surface area contributed by atoms with Crippen LogP contribution in [-0.4, -0.2) is 18.3 Å². The van der Waals surface area contributed by atoms with Crippen molar-refractivity contribution >= 4 is 11.7 Å². The van der Waals surface area contributed by atoms with Gasteiger partial charge >= 0.3 is 0 Å². The largest absolute Gasteiger partial charge is 0.485 e. The molecular formula is C15H12FNO3. The number of hydrogen-bond acceptors (Lipinski definition) is 3. The van der Waals surface area contributed by atoms with E-state index in [1.54, 1.807) is 18.2 Å². The Balaban J connectivity index is 2.01. The number of nitrogens with two attached hydrogens (primary N) is 1. The summed E-state index contributed by atoms with van der Waals surface area (Å²) in [5, 5.41) is 0. The van der Waals surface area contributed by atoms with Gasteiger partial charge in [-0.3, -0.25) is 9.59 Å². The topological polar surface area (TPSA) is 69.4 Å². The highest BCUT2D eigenvalue weighted by Gasteiger charge is 2.08. The third-order valence-corrected chi connectivity index (χ3v) is 2.65. The maximum Gasteiger partial charge on any atom is 0.248 e. The lowest BCUT2D eigenvalue weighted by atomic mass is 10.1. The lowest BCUT2D eigenvalue weighted by molar-refractivity contribution is 0.0921. The summed E-state index contributed by atoms with van der Waals surface area (Å²) in [5.74, 6) is -0.886. The van der Waals surface area contributed by atoms with Crippen LogP contribution in [0.15, 0.2) is 48.5 Å². The molecule has 0 heterocycles. The molecule has 0 aliphatic heterocycles. The Morgan fingerprint density at radius 3 is 2.40 bits per heavy atom. The van der Waals surface area contributed by atoms with Gasteiger partial charge in [-0.15, -0.1) is 0 Å². The first-order chi connectivity index (χ1) is 9.56. The molecule has 0 atom stereocenters. The number of Topliss-reactive ketones (excluding diaryl/α,β-unsaturated/α-hetero) is 1. The number of amides is 1. The SMILES string of the molecule is NC(=O)c1cccc(OCC(=O)c2ccc(F)cc2)c1. The number of primary amides is 1. The maximum absolute atomic E-state index is 12.7. The van der Waals surface area contributed by atoms with E-state index in [2.05, 4.69) is 0 Å². The van der Waals surface area contributed by atoms with Gasteiger partial charge in [0, 0.05) is 11.1 Å². The molecule has 0 saturated heterocycles. The summed E-state index contributed by atoms with van der Waals surface area (Å²) < 4.78 is 18.0. The van der Waals surface area contributed by atoms with Crippen LogP contribution in [0.4, 0.5) is 4.39 Å². The molecule has 5 heteroatoms. The molecule has 0 bridgehead atoms. The summed E-state index contributed by atoms with van der Waals surface area (Å²) in [6.07, 6.45) is 0. The molecule has 102 valence electrons. The molecule has 0 aromatic heterocycles. The van der Waals surface area contributed by atoms with Crippen molar-refractivity contribution in [2.45, 2.75) is 0 Å². The average Bonchev–Trinajstić information content (AvgIpc) is 2.46. The van der Waals surface area contributed by atoms with Crippen LogP contribution in [-0.2, 0) is 0 Å². The summed E-state index contributed by atoms with van der Waals surface area (Å²) >= 11 is 0. The minimum absolute atomic E-state index is 0.201. The summed E-state index contributed by atoms with van der Waals surface area (Å²) in [6.45, 7) is -0.201. The third kappa shape index (κ3) is 3.41. The Morgan fingerprint density at radius 2 is 1.75 bits per heavy atom. The van der Waals surface area contributed by atoms with Crippen LogP contribution in [0, 0.1) is 5.82 Å². The van der Waals surface area contributed by atoms with Crippen LogP contribution >= 0.6 is 0 Å². The second-order valence-electron chi connectivity index (χ2n) is 4.11. The normalized spacial score (nSPS) is 10.1. The van der Waals surface area contributed by atoms with Gasteiger partial charge in [0.2, 0.25) is 5.91 Å². The van der Waals surface area contributed by atoms with Gasteiger partial charge in [0.25, 0.3) is 0 Å². The fraction of sp³-hybridized carbons (Fsp3) is 0.0667. The van der Waals surface area contributed by atoms with Crippen LogP contribution in [0.5, 0.6) is 5.75 Å². The van der Waals surface area contributed by atoms with E-state index < -0.39 is 11.7 Å². The monoisotopic (exact) mass is 273 g/mol. The number of halogens is 1. The Kier molecular flexibility index (Phi) is 4.10. The molecule has 2 rings (SSSR count). The van der Waals surface area contributed by atoms with Gasteiger partial charge in [0.1, 0.15) is 11.6 Å². The first-order valence-electron chi connectivity index (χ1n) is 5.87. The minimum Gasteiger partial charge on any atom is -0.485 e. The van der Waals surface area contributed by atoms with Crippen molar-refractivity contribution in [2.75, 3.05) is 6.61 Å². The van der Waals surface area contributed by atoms with Crippen molar-refractivity contribution < 1.29 is 18.7 Å². The molecule has 2 N–H and O–H groups in total. The van der Waals surface area contributed by atoms with Gasteiger partial charge in [-0.2, -0.15) is 0 Å². The Bertz CT molecular complexity index is 638. The van der Waals surface area contributed by atoms with E-state index in [0.717, 1.165) is 0 Å². The molecule has 0 aliphatic carbocycles. The highest BCUT2D eigenvalue weighted by Crippen LogP contribution is 2.13. The van der Waals surface area contributed by atoms with Crippen molar-refractivity contribution in [1.29, 1.82) is 0 Å². The molecule has 0 fully saturated rings. The number of hydrogen-bond donors (Lipinski definition) is 1. The Labute approximate surface area is 115 Å². The van der Waals surface area contributed by atoms with Crippen LogP contribution in [0.3, 0.4) is 0 Å². The zero-order chi connectivity index (χ0) is 14.5. The number of ether oxygens (including phenoxy) is 1. The van der Waals surface area contributed by atoms with E-state index in [9.17, 15) is 14.0 Å². The van der Waals surface area contributed by atoms with Gasteiger partial charge in [-0.05, 0) is 42.5 Å². The van der Waals surface area contributed by atoms with E-state index in [1.165, 1.54) is 30.3 Å². The number of benzene rings is 2. The second-order valence-corrected chi connectivity index (χ2v) is 4.11. The van der Waals surface area contributed by atoms with Gasteiger partial charge in [0.15, 0.2) is 12.4 Å². The second kappa shape index (κ2) is 5.97. The van der Waals surface area contributed by atoms with E-state index in [1.807, 2.05) is 0 Å². The fourth-order valence-corrected chi connectivity index (χ4v) is 1.61. The molecule has 0 aliphatic rings. The number of rotatable bonds is 5. The quantitative estimate of drug-likeness (QED) is 0.849. The first kappa shape index (κ1) is 13.7. The summed E-state index contributed by atoms with van der Waals surface area (Å²) in [4.78, 5) is 22.8. The zero-order valence-electron chi connectivity index (χ0n) is 10.5. The number of carbonyl (C=O) groups is 2. The molecular weight excluding hydrogens is 261 g/mol. The zero-order valence-corrected chi connectivity index (χ0v) is 10.5. The van der Waals surface area contributed by atoms with Crippen molar-refractivity contribution in [3.63, 3.8) is 0 Å². The van der Waals surface area contributed by atoms with E-state index in [0.29, 0.717) is 16.9 Å². The number of carbonyl (C=O) groups excluding carboxylic acids is 2. The highest BCUT2D eigenvalue weighted by atomic mass is 19.1. The predicted molar refractivity (Wildman–Crippen MR) is 71.2 cm³/mol. The van der Waals surface area contributed by atoms with E-state index in [-0.39, 0.29) is 12.4 Å². The maximum atomic E-state index is 12.7. The fourth-order valence-electron chi connectivity index (χ4n) is 1.61. The van der Waals surface area contributed by atoms with Crippen LogP contribution < -0.4 is 10.5 Å². The molecule has 2 aromatic rings. The Hall–Kier alpha value is -2.69. The Morgan fingerprint density at radius 1 is 1.05 bits per heavy atom. The lowest BCUT2D eigenvalue weighted by Gasteiger charge is -2.06. The van der Waals surface area contributed by atoms with Crippen LogP contribution in [0.25, 0.3) is 0 Å². The summed E-state index contributed by atoms with van der Waals surface area (Å²) in [5.41, 5.74) is 5.81. The standard InChI is InChI=1S/C15H12FNO3/c16-12-6-4-10(5-7-12)14(18)9-20-13-3-1-2-11(8-13)15(17)19/h1-8H,9H2,(H2,17,19). The smallest absolute Gasteiger partial charge is 0.248 e. The van der Waals surface area contributed by atoms with Gasteiger partial charge < -0.3 is 10.5 Å². The van der Waals surface area contributed by atoms with Gasteiger partial charge in [0.05, 0.1) is 0 Å². The first-order valence-corrected chi connectivity index (χ1v) is 5.87. The van der Waals surface area contributed by atoms with Crippen molar-refractivity contribution in [3.05, 3.63) is 65.5 Å². The molecule has 4 nitrogen and oxygen atoms in total. The molecule has 20 heavy (non-hydrogen) atoms. The highest BCUT2D eigenvalue weighted by molar-refractivity contribution is 5.97. The van der Waals surface area contributed by atoms with E-state index in [4.69, 9.17) is 10.5 Å². The summed E-state index contributed by atoms with van der Waals surface area (Å²) in [6, 6.07) is 11.4. The molecule has 0 saturated carbocycles. The predicted octanol–water partition coefficient (Wildman–Crippen LogP) is 2.19. The van der Waals surface area contributed by atoms with Crippen molar-refractivity contribution in [1.82, 2.24) is 0 Å². The van der Waals surface area contributed by atoms with Crippen LogP contribution in [0.2, 0.25) is 0 Å². The number of ketones is 1. The van der Waals surface area contributed by atoms with Crippen molar-refractivity contribution in [2.24, 2.45) is 5.73 Å². The van der Waals surface area contributed by atoms with E-state index >= 15 is 0 Å². The molecule has 1 amide bonds. The van der Waals surface area contributed by atoms with Gasteiger partial charge in [-0.25, -0.2) is 4.39 Å². The molecule has 0 radical (unpaired) electrons. The average molecular weight is 273 g/mol. The third-order valence-electron chi connectivity index (χ3n) is 2.65. The molecule has 0 spiro atoms. The molecule has 2 aromatic carbocycles. The van der Waals surface area contributed by atoms with Crippen LogP contribution in [0.1, 0.15) is 20.7 Å². The summed E-state index contributed by atoms with van der Waals surface area (Å²) in [7, 11) is 0. The molecule has 0 unspecified atom stereocenters. The van der Waals surface area contributed by atoms with Crippen molar-refractivity contribution in [3.8, 4) is 5.75 Å². The minimum atomic E-state index is -0.569.